The Bertz CT molecular complexity index is 1280. The fourth-order valence-electron chi connectivity index (χ4n) is 5.76. The van der Waals surface area contributed by atoms with Crippen molar-refractivity contribution in [1.29, 1.82) is 0 Å². The Hall–Kier alpha value is -3.72. The van der Waals surface area contributed by atoms with Gasteiger partial charge in [0.05, 0.1) is 12.0 Å². The quantitative estimate of drug-likeness (QED) is 0.261. The van der Waals surface area contributed by atoms with E-state index in [2.05, 4.69) is 0 Å². The van der Waals surface area contributed by atoms with E-state index in [-0.39, 0.29) is 30.7 Å². The summed E-state index contributed by atoms with van der Waals surface area (Å²) in [5.74, 6) is -0.572. The predicted molar refractivity (Wildman–Crippen MR) is 135 cm³/mol. The molecule has 3 heterocycles. The molecular weight excluding hydrogens is 474 g/mol. The number of aryl methyl sites for hydroxylation is 2. The summed E-state index contributed by atoms with van der Waals surface area (Å²) in [4.78, 5) is 24.5. The molecule has 8 nitrogen and oxygen atoms in total. The molecule has 3 fully saturated rings. The third kappa shape index (κ3) is 3.89. The summed E-state index contributed by atoms with van der Waals surface area (Å²) in [6.45, 7) is 3.38. The topological polar surface area (TPSA) is 94.1 Å². The first-order valence-electron chi connectivity index (χ1n) is 12.4. The third-order valence-corrected chi connectivity index (χ3v) is 7.43. The van der Waals surface area contributed by atoms with Crippen molar-refractivity contribution in [3.05, 3.63) is 89.1 Å². The molecule has 3 aliphatic heterocycles. The lowest BCUT2D eigenvalue weighted by Gasteiger charge is -2.41. The van der Waals surface area contributed by atoms with Crippen LogP contribution in [0, 0.1) is 25.0 Å². The van der Waals surface area contributed by atoms with Gasteiger partial charge in [0, 0.05) is 36.4 Å². The first-order valence-corrected chi connectivity index (χ1v) is 12.4. The number of fused-ring (bicyclic) bond motifs is 1. The number of carbonyl (C=O) groups is 2. The van der Waals surface area contributed by atoms with Crippen molar-refractivity contribution in [2.45, 2.75) is 44.7 Å². The molecule has 3 saturated heterocycles. The number of quaternary nitrogens is 1. The lowest BCUT2D eigenvalue weighted by atomic mass is 9.88. The maximum Gasteiger partial charge on any atom is 0.344 e. The van der Waals surface area contributed by atoms with Crippen molar-refractivity contribution >= 4 is 29.0 Å². The molecule has 3 aromatic rings. The summed E-state index contributed by atoms with van der Waals surface area (Å²) in [7, 11) is 0. The van der Waals surface area contributed by atoms with E-state index in [9.17, 15) is 14.8 Å². The van der Waals surface area contributed by atoms with Crippen molar-refractivity contribution in [3.8, 4) is 5.75 Å². The average molecular weight is 502 g/mol. The van der Waals surface area contributed by atoms with Gasteiger partial charge in [-0.3, -0.25) is 9.44 Å². The molecule has 3 aromatic carbocycles. The zero-order valence-electron chi connectivity index (χ0n) is 20.5. The number of hydrogen-bond donors (Lipinski definition) is 0. The molecule has 3 aliphatic rings. The van der Waals surface area contributed by atoms with Gasteiger partial charge in [-0.05, 0) is 31.4 Å². The standard InChI is InChI=1S/C29H27NO7/c1-17-13-21(30(33,19-9-5-3-6-10-19)20-11-7-4-8-12-20)14-18(2)25(17)34-16-24(31)36-27-23-15-22-26(35-23)28(27)37-29(22)32/h3-14,22-23,26-28H,15-16H2,1-2H3. The molecule has 8 heteroatoms. The van der Waals surface area contributed by atoms with Crippen LogP contribution in [0.5, 0.6) is 5.75 Å². The first-order chi connectivity index (χ1) is 17.9. The summed E-state index contributed by atoms with van der Waals surface area (Å²) in [6.07, 6.45) is -1.29. The highest BCUT2D eigenvalue weighted by atomic mass is 16.7. The van der Waals surface area contributed by atoms with Crippen LogP contribution in [0.25, 0.3) is 0 Å². The van der Waals surface area contributed by atoms with E-state index in [4.69, 9.17) is 18.9 Å². The van der Waals surface area contributed by atoms with E-state index < -0.39 is 22.8 Å². The van der Waals surface area contributed by atoms with Gasteiger partial charge >= 0.3 is 11.9 Å². The Morgan fingerprint density at radius 2 is 1.54 bits per heavy atom. The summed E-state index contributed by atoms with van der Waals surface area (Å²) >= 11 is 0. The van der Waals surface area contributed by atoms with Crippen LogP contribution in [0.3, 0.4) is 0 Å². The van der Waals surface area contributed by atoms with E-state index in [1.807, 2.05) is 74.5 Å². The van der Waals surface area contributed by atoms with Crippen LogP contribution in [-0.4, -0.2) is 43.0 Å². The summed E-state index contributed by atoms with van der Waals surface area (Å²) in [6, 6.07) is 22.0. The summed E-state index contributed by atoms with van der Waals surface area (Å²) in [5, 5.41) is 14.5. The van der Waals surface area contributed by atoms with Gasteiger partial charge in [0.2, 0.25) is 0 Å². The van der Waals surface area contributed by atoms with Crippen molar-refractivity contribution < 1.29 is 28.5 Å². The maximum atomic E-state index is 14.5. The second-order valence-electron chi connectivity index (χ2n) is 9.82. The molecule has 0 N–H and O–H groups in total. The molecule has 0 aromatic heterocycles. The van der Waals surface area contributed by atoms with E-state index >= 15 is 0 Å². The van der Waals surface area contributed by atoms with Crippen molar-refractivity contribution in [1.82, 2.24) is 4.65 Å². The minimum Gasteiger partial charge on any atom is -0.616 e. The van der Waals surface area contributed by atoms with E-state index in [0.29, 0.717) is 29.2 Å². The Labute approximate surface area is 214 Å². The fraction of sp³-hybridized carbons (Fsp3) is 0.310. The Kier molecular flexibility index (Phi) is 5.75. The number of nitrogens with zero attached hydrogens (tertiary/aromatic N) is 1. The number of benzene rings is 3. The molecule has 5 atom stereocenters. The summed E-state index contributed by atoms with van der Waals surface area (Å²) in [5.41, 5.74) is 3.13. The van der Waals surface area contributed by atoms with Crippen LogP contribution in [0.15, 0.2) is 72.8 Å². The molecule has 2 bridgehead atoms. The molecule has 0 amide bonds. The average Bonchev–Trinajstić information content (AvgIpc) is 3.54. The van der Waals surface area contributed by atoms with E-state index in [1.54, 1.807) is 12.1 Å². The minimum absolute atomic E-state index is 0.247. The molecule has 0 saturated carbocycles. The monoisotopic (exact) mass is 501 g/mol. The molecule has 0 radical (unpaired) electrons. The van der Waals surface area contributed by atoms with Gasteiger partial charge in [0.1, 0.15) is 28.9 Å². The van der Waals surface area contributed by atoms with Gasteiger partial charge in [-0.25, -0.2) is 4.79 Å². The van der Waals surface area contributed by atoms with Crippen molar-refractivity contribution in [3.63, 3.8) is 0 Å². The number of hydrogen-bond acceptors (Lipinski definition) is 7. The molecule has 6 rings (SSSR count). The fourth-order valence-corrected chi connectivity index (χ4v) is 5.76. The highest BCUT2D eigenvalue weighted by Gasteiger charge is 2.65. The van der Waals surface area contributed by atoms with Crippen LogP contribution in [-0.2, 0) is 23.8 Å². The number of para-hydroxylation sites is 2. The van der Waals surface area contributed by atoms with Crippen LogP contribution in [0.4, 0.5) is 17.1 Å². The molecule has 0 aliphatic carbocycles. The lowest BCUT2D eigenvalue weighted by Crippen LogP contribution is -2.40. The van der Waals surface area contributed by atoms with Crippen LogP contribution >= 0.6 is 0 Å². The van der Waals surface area contributed by atoms with Crippen LogP contribution in [0.1, 0.15) is 17.5 Å². The lowest BCUT2D eigenvalue weighted by molar-refractivity contribution is -0.162. The van der Waals surface area contributed by atoms with Gasteiger partial charge < -0.3 is 24.2 Å². The van der Waals surface area contributed by atoms with Crippen molar-refractivity contribution in [2.24, 2.45) is 5.92 Å². The smallest absolute Gasteiger partial charge is 0.344 e. The van der Waals surface area contributed by atoms with E-state index in [0.717, 1.165) is 11.1 Å². The third-order valence-electron chi connectivity index (χ3n) is 7.43. The molecule has 37 heavy (non-hydrogen) atoms. The number of esters is 2. The van der Waals surface area contributed by atoms with Crippen molar-refractivity contribution in [2.75, 3.05) is 6.61 Å². The number of carbonyl (C=O) groups excluding carboxylic acids is 2. The zero-order chi connectivity index (χ0) is 25.7. The van der Waals surface area contributed by atoms with Gasteiger partial charge in [0.25, 0.3) is 0 Å². The second kappa shape index (κ2) is 8.99. The predicted octanol–water partition coefficient (Wildman–Crippen LogP) is 4.78. The normalized spacial score (nSPS) is 25.7. The van der Waals surface area contributed by atoms with Gasteiger partial charge in [-0.2, -0.15) is 0 Å². The maximum absolute atomic E-state index is 14.5. The molecule has 0 spiro atoms. The largest absolute Gasteiger partial charge is 0.616 e. The Morgan fingerprint density at radius 1 is 0.946 bits per heavy atom. The van der Waals surface area contributed by atoms with Gasteiger partial charge in [-0.1, -0.05) is 36.4 Å². The molecule has 5 unspecified atom stereocenters. The number of ether oxygens (including phenoxy) is 4. The minimum atomic E-state index is -0.767. The second-order valence-corrected chi connectivity index (χ2v) is 9.82. The highest BCUT2D eigenvalue weighted by Crippen LogP contribution is 2.48. The van der Waals surface area contributed by atoms with Gasteiger partial charge in [0.15, 0.2) is 18.8 Å². The SMILES string of the molecule is Cc1cc([N+]([O-])(c2ccccc2)c2ccccc2)cc(C)c1OCC(=O)OC1C2CC3C(=O)OC1C3O2. The molecule has 190 valence electrons. The first kappa shape index (κ1) is 23.7. The zero-order valence-corrected chi connectivity index (χ0v) is 20.5. The summed E-state index contributed by atoms with van der Waals surface area (Å²) < 4.78 is 21.8. The number of rotatable bonds is 7. The molecular formula is C29H27NO7. The van der Waals surface area contributed by atoms with E-state index in [1.165, 1.54) is 0 Å². The Morgan fingerprint density at radius 3 is 2.14 bits per heavy atom. The Balaban J connectivity index is 1.21. The van der Waals surface area contributed by atoms with Gasteiger partial charge in [-0.15, -0.1) is 0 Å². The highest BCUT2D eigenvalue weighted by molar-refractivity contribution is 5.78. The van der Waals surface area contributed by atoms with Crippen LogP contribution in [0.2, 0.25) is 0 Å². The van der Waals surface area contributed by atoms with Crippen LogP contribution < -0.4 is 9.38 Å².